The van der Waals surface area contributed by atoms with Gasteiger partial charge in [-0.1, -0.05) is 18.2 Å². The molecule has 184 valence electrons. The van der Waals surface area contributed by atoms with Crippen LogP contribution in [0, 0.1) is 5.82 Å². The monoisotopic (exact) mass is 481 g/mol. The SMILES string of the molecule is COc1cc(-c2nnc(CCC(=O)N3CCN(C)CC3)c(=O)[nH]2)ccc1OCc1ccccc1F. The fourth-order valence-corrected chi connectivity index (χ4v) is 3.80. The van der Waals surface area contributed by atoms with Gasteiger partial charge in [0.1, 0.15) is 18.1 Å². The minimum absolute atomic E-state index is 0.0130. The van der Waals surface area contributed by atoms with E-state index in [1.54, 1.807) is 36.4 Å². The van der Waals surface area contributed by atoms with E-state index >= 15 is 0 Å². The summed E-state index contributed by atoms with van der Waals surface area (Å²) in [5.41, 5.74) is 0.827. The molecular weight excluding hydrogens is 453 g/mol. The van der Waals surface area contributed by atoms with Crippen LogP contribution in [-0.2, 0) is 17.8 Å². The number of aromatic nitrogens is 3. The first-order valence-corrected chi connectivity index (χ1v) is 11.4. The number of carbonyl (C=O) groups is 1. The first-order valence-electron chi connectivity index (χ1n) is 11.4. The molecule has 2 aromatic carbocycles. The number of aryl methyl sites for hydroxylation is 1. The number of amides is 1. The van der Waals surface area contributed by atoms with E-state index in [0.29, 0.717) is 35.7 Å². The average Bonchev–Trinajstić information content (AvgIpc) is 2.87. The van der Waals surface area contributed by atoms with Gasteiger partial charge in [0.25, 0.3) is 5.56 Å². The molecule has 2 heterocycles. The molecule has 3 aromatic rings. The average molecular weight is 482 g/mol. The van der Waals surface area contributed by atoms with E-state index in [4.69, 9.17) is 9.47 Å². The largest absolute Gasteiger partial charge is 0.493 e. The highest BCUT2D eigenvalue weighted by molar-refractivity contribution is 5.76. The molecule has 0 radical (unpaired) electrons. The molecule has 1 saturated heterocycles. The molecule has 0 atom stereocenters. The molecule has 1 aromatic heterocycles. The fraction of sp³-hybridized carbons (Fsp3) is 0.360. The van der Waals surface area contributed by atoms with Crippen molar-refractivity contribution < 1.29 is 18.7 Å². The van der Waals surface area contributed by atoms with E-state index < -0.39 is 0 Å². The van der Waals surface area contributed by atoms with E-state index in [-0.39, 0.29) is 48.3 Å². The number of hydrogen-bond acceptors (Lipinski definition) is 7. The summed E-state index contributed by atoms with van der Waals surface area (Å²) in [7, 11) is 3.52. The second kappa shape index (κ2) is 11.1. The van der Waals surface area contributed by atoms with Crippen molar-refractivity contribution in [3.63, 3.8) is 0 Å². The van der Waals surface area contributed by atoms with Crippen molar-refractivity contribution >= 4 is 5.91 Å². The fourth-order valence-electron chi connectivity index (χ4n) is 3.80. The Kier molecular flexibility index (Phi) is 7.71. The topological polar surface area (TPSA) is 101 Å². The lowest BCUT2D eigenvalue weighted by molar-refractivity contribution is -0.132. The van der Waals surface area contributed by atoms with Gasteiger partial charge < -0.3 is 24.3 Å². The van der Waals surface area contributed by atoms with E-state index in [2.05, 4.69) is 20.1 Å². The maximum absolute atomic E-state index is 13.9. The number of hydrogen-bond donors (Lipinski definition) is 1. The van der Waals surface area contributed by atoms with E-state index in [1.165, 1.54) is 13.2 Å². The lowest BCUT2D eigenvalue weighted by Gasteiger charge is -2.32. The smallest absolute Gasteiger partial charge is 0.273 e. The summed E-state index contributed by atoms with van der Waals surface area (Å²) in [4.78, 5) is 31.7. The third-order valence-electron chi connectivity index (χ3n) is 5.97. The van der Waals surface area contributed by atoms with Crippen LogP contribution in [0.2, 0.25) is 0 Å². The molecule has 0 bridgehead atoms. The van der Waals surface area contributed by atoms with Crippen LogP contribution < -0.4 is 15.0 Å². The van der Waals surface area contributed by atoms with Crippen LogP contribution >= 0.6 is 0 Å². The van der Waals surface area contributed by atoms with Crippen LogP contribution in [-0.4, -0.2) is 71.2 Å². The molecule has 0 unspecified atom stereocenters. The van der Waals surface area contributed by atoms with Crippen molar-refractivity contribution in [1.29, 1.82) is 0 Å². The van der Waals surface area contributed by atoms with Gasteiger partial charge in [-0.05, 0) is 31.3 Å². The summed E-state index contributed by atoms with van der Waals surface area (Å²) >= 11 is 0. The second-order valence-electron chi connectivity index (χ2n) is 8.38. The Morgan fingerprint density at radius 3 is 2.57 bits per heavy atom. The van der Waals surface area contributed by atoms with Crippen LogP contribution in [0.15, 0.2) is 47.3 Å². The maximum atomic E-state index is 13.9. The molecule has 9 nitrogen and oxygen atoms in total. The third kappa shape index (κ3) is 6.02. The first kappa shape index (κ1) is 24.3. The predicted molar refractivity (Wildman–Crippen MR) is 128 cm³/mol. The quantitative estimate of drug-likeness (QED) is 0.527. The second-order valence-corrected chi connectivity index (χ2v) is 8.38. The van der Waals surface area contributed by atoms with Crippen molar-refractivity contribution in [3.05, 3.63) is 69.9 Å². The number of ether oxygens (including phenoxy) is 2. The van der Waals surface area contributed by atoms with Crippen molar-refractivity contribution in [2.24, 2.45) is 0 Å². The number of halogens is 1. The summed E-state index contributed by atoms with van der Waals surface area (Å²) < 4.78 is 25.0. The molecule has 1 amide bonds. The van der Waals surface area contributed by atoms with E-state index in [9.17, 15) is 14.0 Å². The molecule has 10 heteroatoms. The highest BCUT2D eigenvalue weighted by atomic mass is 19.1. The van der Waals surface area contributed by atoms with Crippen molar-refractivity contribution in [1.82, 2.24) is 25.0 Å². The van der Waals surface area contributed by atoms with Gasteiger partial charge in [0.2, 0.25) is 5.91 Å². The Morgan fingerprint density at radius 2 is 1.86 bits per heavy atom. The number of benzene rings is 2. The van der Waals surface area contributed by atoms with Gasteiger partial charge >= 0.3 is 0 Å². The van der Waals surface area contributed by atoms with Crippen molar-refractivity contribution in [3.8, 4) is 22.9 Å². The highest BCUT2D eigenvalue weighted by Crippen LogP contribution is 2.31. The normalized spacial score (nSPS) is 14.1. The van der Waals surface area contributed by atoms with Crippen LogP contribution in [0.5, 0.6) is 11.5 Å². The summed E-state index contributed by atoms with van der Waals surface area (Å²) in [6.45, 7) is 3.12. The van der Waals surface area contributed by atoms with Gasteiger partial charge in [0, 0.05) is 50.1 Å². The van der Waals surface area contributed by atoms with Gasteiger partial charge in [-0.2, -0.15) is 0 Å². The first-order chi connectivity index (χ1) is 16.9. The predicted octanol–water partition coefficient (Wildman–Crippen LogP) is 2.27. The lowest BCUT2D eigenvalue weighted by Crippen LogP contribution is -2.47. The summed E-state index contributed by atoms with van der Waals surface area (Å²) in [6, 6.07) is 11.4. The molecule has 1 fully saturated rings. The number of rotatable bonds is 8. The number of H-pyrrole nitrogens is 1. The van der Waals surface area contributed by atoms with Crippen molar-refractivity contribution in [2.75, 3.05) is 40.3 Å². The van der Waals surface area contributed by atoms with Gasteiger partial charge in [-0.25, -0.2) is 4.39 Å². The number of nitrogens with zero attached hydrogens (tertiary/aromatic N) is 4. The molecule has 35 heavy (non-hydrogen) atoms. The van der Waals surface area contributed by atoms with Gasteiger partial charge in [-0.15, -0.1) is 10.2 Å². The third-order valence-corrected chi connectivity index (χ3v) is 5.97. The number of aromatic amines is 1. The molecule has 0 spiro atoms. The highest BCUT2D eigenvalue weighted by Gasteiger charge is 2.19. The molecule has 0 aliphatic carbocycles. The van der Waals surface area contributed by atoms with Crippen LogP contribution in [0.25, 0.3) is 11.4 Å². The molecule has 1 aliphatic heterocycles. The number of nitrogens with one attached hydrogen (secondary N) is 1. The minimum Gasteiger partial charge on any atom is -0.493 e. The number of carbonyl (C=O) groups excluding carboxylic acids is 1. The summed E-state index contributed by atoms with van der Waals surface area (Å²) in [6.07, 6.45) is 0.433. The molecule has 1 aliphatic rings. The van der Waals surface area contributed by atoms with Crippen LogP contribution in [0.4, 0.5) is 4.39 Å². The summed E-state index contributed by atoms with van der Waals surface area (Å²) in [5.74, 6) is 0.764. The zero-order valence-corrected chi connectivity index (χ0v) is 19.8. The van der Waals surface area contributed by atoms with Gasteiger partial charge in [-0.3, -0.25) is 9.59 Å². The maximum Gasteiger partial charge on any atom is 0.273 e. The van der Waals surface area contributed by atoms with Crippen LogP contribution in [0.1, 0.15) is 17.7 Å². The Morgan fingerprint density at radius 1 is 1.09 bits per heavy atom. The lowest BCUT2D eigenvalue weighted by atomic mass is 10.1. The van der Waals surface area contributed by atoms with Gasteiger partial charge in [0.15, 0.2) is 17.3 Å². The molecule has 0 saturated carbocycles. The number of likely N-dealkylation sites (N-methyl/N-ethyl adjacent to an activating group) is 1. The van der Waals surface area contributed by atoms with E-state index in [0.717, 1.165) is 13.1 Å². The number of piperazine rings is 1. The standard InChI is InChI=1S/C25H28FN5O4/c1-30-11-13-31(14-12-30)23(32)10-8-20-25(33)27-24(29-28-20)17-7-9-21(22(15-17)34-2)35-16-18-5-3-4-6-19(18)26/h3-7,9,15H,8,10-14,16H2,1-2H3,(H,27,29,33). The molecule has 1 N–H and O–H groups in total. The Hall–Kier alpha value is -3.79. The molecule has 4 rings (SSSR count). The zero-order valence-electron chi connectivity index (χ0n) is 19.8. The summed E-state index contributed by atoms with van der Waals surface area (Å²) in [5, 5.41) is 8.20. The zero-order chi connectivity index (χ0) is 24.8. The van der Waals surface area contributed by atoms with Gasteiger partial charge in [0.05, 0.1) is 7.11 Å². The van der Waals surface area contributed by atoms with Crippen molar-refractivity contribution in [2.45, 2.75) is 19.4 Å². The van der Waals surface area contributed by atoms with E-state index in [1.807, 2.05) is 11.9 Å². The minimum atomic E-state index is -0.389. The Balaban J connectivity index is 1.41. The number of methoxy groups -OCH3 is 1. The Bertz CT molecular complexity index is 1240. The molecular formula is C25H28FN5O4. The Labute approximate surface area is 202 Å². The van der Waals surface area contributed by atoms with Crippen LogP contribution in [0.3, 0.4) is 0 Å².